The number of esters is 1. The van der Waals surface area contributed by atoms with Crippen LogP contribution >= 0.6 is 0 Å². The lowest BCUT2D eigenvalue weighted by molar-refractivity contribution is -0.151. The number of amides is 3. The zero-order chi connectivity index (χ0) is 23.5. The number of ether oxygens (including phenoxy) is 1. The zero-order valence-corrected chi connectivity index (χ0v) is 19.2. The summed E-state index contributed by atoms with van der Waals surface area (Å²) >= 11 is 0. The van der Waals surface area contributed by atoms with E-state index in [2.05, 4.69) is 10.6 Å². The fourth-order valence-electron chi connectivity index (χ4n) is 3.31. The number of rotatable bonds is 11. The first-order valence-electron chi connectivity index (χ1n) is 11.1. The molecule has 1 fully saturated rings. The van der Waals surface area contributed by atoms with Crippen LogP contribution in [-0.2, 0) is 30.3 Å². The Kier molecular flexibility index (Phi) is 9.97. The summed E-state index contributed by atoms with van der Waals surface area (Å²) in [5, 5.41) is 5.78. The molecule has 32 heavy (non-hydrogen) atoms. The van der Waals surface area contributed by atoms with Gasteiger partial charge in [0.2, 0.25) is 17.7 Å². The highest BCUT2D eigenvalue weighted by Crippen LogP contribution is 2.14. The molecule has 0 saturated carbocycles. The Labute approximate surface area is 189 Å². The van der Waals surface area contributed by atoms with Crippen molar-refractivity contribution in [2.75, 3.05) is 45.7 Å². The van der Waals surface area contributed by atoms with Gasteiger partial charge in [0.25, 0.3) is 0 Å². The van der Waals surface area contributed by atoms with E-state index in [1.165, 1.54) is 4.90 Å². The molecule has 9 heteroatoms. The average molecular weight is 447 g/mol. The molecule has 1 unspecified atom stereocenters. The van der Waals surface area contributed by atoms with Crippen LogP contribution in [0.3, 0.4) is 0 Å². The van der Waals surface area contributed by atoms with Crippen LogP contribution in [0, 0.1) is 0 Å². The molecule has 0 spiro atoms. The van der Waals surface area contributed by atoms with Crippen molar-refractivity contribution in [1.29, 1.82) is 0 Å². The third kappa shape index (κ3) is 7.86. The maximum Gasteiger partial charge on any atom is 0.308 e. The van der Waals surface area contributed by atoms with Gasteiger partial charge in [-0.25, -0.2) is 0 Å². The van der Waals surface area contributed by atoms with Crippen molar-refractivity contribution in [3.8, 4) is 0 Å². The van der Waals surface area contributed by atoms with Crippen LogP contribution in [0.25, 0.3) is 0 Å². The van der Waals surface area contributed by atoms with Crippen molar-refractivity contribution >= 4 is 29.4 Å². The second-order valence-electron chi connectivity index (χ2n) is 8.01. The Hall–Kier alpha value is -3.10. The highest BCUT2D eigenvalue weighted by molar-refractivity contribution is 5.93. The lowest BCUT2D eigenvalue weighted by atomic mass is 10.1. The number of piperazine rings is 1. The monoisotopic (exact) mass is 446 g/mol. The molecule has 0 radical (unpaired) electrons. The van der Waals surface area contributed by atoms with E-state index in [0.717, 1.165) is 24.1 Å². The quantitative estimate of drug-likeness (QED) is 0.390. The number of nitrogens with one attached hydrogen (secondary N) is 2. The number of hydrogen-bond donors (Lipinski definition) is 2. The number of carbonyl (C=O) groups excluding carboxylic acids is 4. The fourth-order valence-corrected chi connectivity index (χ4v) is 3.31. The van der Waals surface area contributed by atoms with E-state index in [9.17, 15) is 19.2 Å². The molecular formula is C23H34N4O5. The zero-order valence-electron chi connectivity index (χ0n) is 19.2. The number of nitrogens with zero attached hydrogens (tertiary/aromatic N) is 2. The van der Waals surface area contributed by atoms with Crippen molar-refractivity contribution in [1.82, 2.24) is 15.1 Å². The summed E-state index contributed by atoms with van der Waals surface area (Å²) in [6.45, 7) is 3.02. The molecule has 0 aromatic heterocycles. The molecule has 3 amide bonds. The highest BCUT2D eigenvalue weighted by Gasteiger charge is 2.34. The van der Waals surface area contributed by atoms with Gasteiger partial charge in [0.1, 0.15) is 6.04 Å². The van der Waals surface area contributed by atoms with E-state index < -0.39 is 12.0 Å². The summed E-state index contributed by atoms with van der Waals surface area (Å²) < 4.78 is 5.15. The Bertz CT molecular complexity index is 794. The predicted octanol–water partition coefficient (Wildman–Crippen LogP) is 1.18. The molecule has 1 heterocycles. The van der Waals surface area contributed by atoms with Crippen LogP contribution in [0.15, 0.2) is 24.3 Å². The summed E-state index contributed by atoms with van der Waals surface area (Å²) in [6, 6.07) is 6.68. The third-order valence-electron chi connectivity index (χ3n) is 5.30. The van der Waals surface area contributed by atoms with Crippen LogP contribution in [0.5, 0.6) is 0 Å². The van der Waals surface area contributed by atoms with Crippen molar-refractivity contribution in [2.24, 2.45) is 0 Å². The van der Waals surface area contributed by atoms with Crippen molar-refractivity contribution in [3.05, 3.63) is 29.8 Å². The Morgan fingerprint density at radius 1 is 1.22 bits per heavy atom. The fraction of sp³-hybridized carbons (Fsp3) is 0.565. The second kappa shape index (κ2) is 12.7. The minimum Gasteiger partial charge on any atom is -0.466 e. The van der Waals surface area contributed by atoms with E-state index in [1.807, 2.05) is 31.2 Å². The summed E-state index contributed by atoms with van der Waals surface area (Å²) in [7, 11) is 3.47. The normalized spacial score (nSPS) is 15.7. The van der Waals surface area contributed by atoms with Gasteiger partial charge in [-0.05, 0) is 30.5 Å². The molecule has 1 atom stereocenters. The first-order chi connectivity index (χ1) is 15.3. The van der Waals surface area contributed by atoms with E-state index >= 15 is 0 Å². The largest absolute Gasteiger partial charge is 0.466 e. The molecular weight excluding hydrogens is 412 g/mol. The Morgan fingerprint density at radius 2 is 1.94 bits per heavy atom. The number of aryl methyl sites for hydroxylation is 1. The first-order valence-corrected chi connectivity index (χ1v) is 11.1. The lowest BCUT2D eigenvalue weighted by Crippen LogP contribution is -2.58. The van der Waals surface area contributed by atoms with Gasteiger partial charge in [0.05, 0.1) is 19.6 Å². The van der Waals surface area contributed by atoms with Gasteiger partial charge in [0.15, 0.2) is 0 Å². The number of unbranched alkanes of at least 4 members (excludes halogenated alkanes) is 1. The molecule has 0 aliphatic carbocycles. The number of anilines is 1. The van der Waals surface area contributed by atoms with Crippen LogP contribution in [0.4, 0.5) is 5.69 Å². The predicted molar refractivity (Wildman–Crippen MR) is 121 cm³/mol. The van der Waals surface area contributed by atoms with E-state index in [1.54, 1.807) is 19.0 Å². The maximum atomic E-state index is 12.8. The van der Waals surface area contributed by atoms with E-state index in [-0.39, 0.29) is 30.7 Å². The molecule has 0 bridgehead atoms. The van der Waals surface area contributed by atoms with Gasteiger partial charge in [-0.1, -0.05) is 25.5 Å². The third-order valence-corrected chi connectivity index (χ3v) is 5.30. The van der Waals surface area contributed by atoms with E-state index in [4.69, 9.17) is 4.74 Å². The van der Waals surface area contributed by atoms with Crippen LogP contribution in [0.2, 0.25) is 0 Å². The SMILES string of the molecule is CCCCOC(=O)CC1C(=O)NCCN1C(=O)CNc1ccc(CCC(=O)N(C)C)cc1. The lowest BCUT2D eigenvalue weighted by Gasteiger charge is -2.34. The molecule has 1 aromatic rings. The van der Waals surface area contributed by atoms with Gasteiger partial charge in [0, 0.05) is 39.3 Å². The summed E-state index contributed by atoms with van der Waals surface area (Å²) in [5.41, 5.74) is 1.80. The standard InChI is InChI=1S/C23H34N4O5/c1-4-5-14-32-22(30)15-19-23(31)24-12-13-27(19)21(29)16-25-18-9-6-17(7-10-18)8-11-20(28)26(2)3/h6-7,9-10,19,25H,4-5,8,11-16H2,1-3H3,(H,24,31). The maximum absolute atomic E-state index is 12.8. The summed E-state index contributed by atoms with van der Waals surface area (Å²) in [5.74, 6) is -0.998. The molecule has 1 aliphatic rings. The van der Waals surface area contributed by atoms with Gasteiger partial charge in [-0.15, -0.1) is 0 Å². The van der Waals surface area contributed by atoms with Gasteiger partial charge >= 0.3 is 5.97 Å². The van der Waals surface area contributed by atoms with Gasteiger partial charge < -0.3 is 25.2 Å². The number of carbonyl (C=O) groups is 4. The first kappa shape index (κ1) is 25.2. The topological polar surface area (TPSA) is 108 Å². The molecule has 1 aliphatic heterocycles. The number of benzene rings is 1. The Balaban J connectivity index is 1.87. The van der Waals surface area contributed by atoms with Crippen molar-refractivity contribution in [3.63, 3.8) is 0 Å². The highest BCUT2D eigenvalue weighted by atomic mass is 16.5. The molecule has 2 rings (SSSR count). The van der Waals surface area contributed by atoms with Gasteiger partial charge in [-0.3, -0.25) is 19.2 Å². The summed E-state index contributed by atoms with van der Waals surface area (Å²) in [6.07, 6.45) is 2.61. The van der Waals surface area contributed by atoms with Crippen molar-refractivity contribution in [2.45, 2.75) is 45.1 Å². The van der Waals surface area contributed by atoms with Crippen LogP contribution in [-0.4, -0.2) is 79.9 Å². The molecule has 9 nitrogen and oxygen atoms in total. The smallest absolute Gasteiger partial charge is 0.308 e. The molecule has 176 valence electrons. The van der Waals surface area contributed by atoms with Crippen LogP contribution in [0.1, 0.15) is 38.2 Å². The van der Waals surface area contributed by atoms with Gasteiger partial charge in [-0.2, -0.15) is 0 Å². The summed E-state index contributed by atoms with van der Waals surface area (Å²) in [4.78, 5) is 51.8. The minimum absolute atomic E-state index is 0.00707. The molecule has 1 aromatic carbocycles. The Morgan fingerprint density at radius 3 is 2.59 bits per heavy atom. The average Bonchev–Trinajstić information content (AvgIpc) is 2.78. The van der Waals surface area contributed by atoms with Crippen LogP contribution < -0.4 is 10.6 Å². The minimum atomic E-state index is -0.858. The second-order valence-corrected chi connectivity index (χ2v) is 8.01. The van der Waals surface area contributed by atoms with E-state index in [0.29, 0.717) is 32.5 Å². The number of hydrogen-bond acceptors (Lipinski definition) is 6. The van der Waals surface area contributed by atoms with Crippen molar-refractivity contribution < 1.29 is 23.9 Å². The molecule has 2 N–H and O–H groups in total. The molecule has 1 saturated heterocycles.